The van der Waals surface area contributed by atoms with E-state index in [4.69, 9.17) is 16.3 Å². The molecule has 4 rings (SSSR count). The van der Waals surface area contributed by atoms with Crippen LogP contribution in [0.5, 0.6) is 5.75 Å². The maximum atomic E-state index is 6.17. The van der Waals surface area contributed by atoms with E-state index in [1.54, 1.807) is 4.52 Å². The van der Waals surface area contributed by atoms with Crippen LogP contribution < -0.4 is 9.64 Å². The average Bonchev–Trinajstić information content (AvgIpc) is 3.02. The quantitative estimate of drug-likeness (QED) is 0.716. The topological polar surface area (TPSA) is 55.5 Å². The van der Waals surface area contributed by atoms with Gasteiger partial charge in [0.05, 0.1) is 11.6 Å². The molecule has 0 bridgehead atoms. The molecule has 1 unspecified atom stereocenters. The molecule has 0 spiro atoms. The van der Waals surface area contributed by atoms with Crippen molar-refractivity contribution in [1.82, 2.24) is 19.8 Å². The van der Waals surface area contributed by atoms with Crippen molar-refractivity contribution in [2.45, 2.75) is 19.8 Å². The third-order valence-corrected chi connectivity index (χ3v) is 4.87. The maximum absolute atomic E-state index is 6.17. The van der Waals surface area contributed by atoms with Crippen LogP contribution in [0.2, 0.25) is 5.02 Å². The first kappa shape index (κ1) is 16.1. The zero-order valence-electron chi connectivity index (χ0n) is 14.1. The lowest BCUT2D eigenvalue weighted by Crippen LogP contribution is -2.38. The van der Waals surface area contributed by atoms with Crippen LogP contribution in [0, 0.1) is 12.8 Å². The third-order valence-electron chi connectivity index (χ3n) is 4.56. The highest BCUT2D eigenvalue weighted by Gasteiger charge is 2.22. The molecule has 0 amide bonds. The van der Waals surface area contributed by atoms with Crippen LogP contribution in [0.1, 0.15) is 18.7 Å². The number of hydrogen-bond donors (Lipinski definition) is 0. The molecule has 6 nitrogen and oxygen atoms in total. The van der Waals surface area contributed by atoms with E-state index in [-0.39, 0.29) is 0 Å². The molecule has 7 heteroatoms. The molecule has 1 aliphatic rings. The van der Waals surface area contributed by atoms with Crippen molar-refractivity contribution in [2.75, 3.05) is 24.6 Å². The number of rotatable bonds is 4. The lowest BCUT2D eigenvalue weighted by molar-refractivity contribution is 0.228. The molecular formula is C18H20ClN5O. The monoisotopic (exact) mass is 357 g/mol. The van der Waals surface area contributed by atoms with Crippen LogP contribution in [0.3, 0.4) is 0 Å². The van der Waals surface area contributed by atoms with Crippen molar-refractivity contribution >= 4 is 23.1 Å². The predicted octanol–water partition coefficient (Wildman–Crippen LogP) is 3.38. The van der Waals surface area contributed by atoms with Gasteiger partial charge >= 0.3 is 0 Å². The fourth-order valence-corrected chi connectivity index (χ4v) is 3.42. The van der Waals surface area contributed by atoms with Crippen molar-refractivity contribution in [1.29, 1.82) is 0 Å². The first-order valence-corrected chi connectivity index (χ1v) is 8.90. The van der Waals surface area contributed by atoms with E-state index in [1.165, 1.54) is 0 Å². The molecule has 0 aliphatic carbocycles. The number of fused-ring (bicyclic) bond motifs is 1. The van der Waals surface area contributed by atoms with Gasteiger partial charge in [-0.15, -0.1) is 15.3 Å². The van der Waals surface area contributed by atoms with Gasteiger partial charge in [0.2, 0.25) is 0 Å². The highest BCUT2D eigenvalue weighted by atomic mass is 35.5. The number of aryl methyl sites for hydroxylation is 1. The normalized spacial score (nSPS) is 17.8. The van der Waals surface area contributed by atoms with Gasteiger partial charge < -0.3 is 9.64 Å². The number of aromatic nitrogens is 4. The van der Waals surface area contributed by atoms with Crippen molar-refractivity contribution in [3.05, 3.63) is 47.2 Å². The second-order valence-electron chi connectivity index (χ2n) is 6.40. The summed E-state index contributed by atoms with van der Waals surface area (Å²) < 4.78 is 7.72. The first-order chi connectivity index (χ1) is 12.2. The number of hydrogen-bond acceptors (Lipinski definition) is 5. The van der Waals surface area contributed by atoms with Gasteiger partial charge in [0, 0.05) is 19.0 Å². The average molecular weight is 358 g/mol. The number of anilines is 1. The summed E-state index contributed by atoms with van der Waals surface area (Å²) in [6.45, 7) is 4.49. The molecule has 0 saturated carbocycles. The highest BCUT2D eigenvalue weighted by Crippen LogP contribution is 2.26. The second-order valence-corrected chi connectivity index (χ2v) is 6.81. The van der Waals surface area contributed by atoms with Gasteiger partial charge in [-0.05, 0) is 44.0 Å². The molecule has 2 aromatic heterocycles. The smallest absolute Gasteiger partial charge is 0.178 e. The summed E-state index contributed by atoms with van der Waals surface area (Å²) in [5.41, 5.74) is 0.775. The van der Waals surface area contributed by atoms with Crippen LogP contribution in [0.25, 0.3) is 5.65 Å². The molecule has 0 N–H and O–H groups in total. The van der Waals surface area contributed by atoms with Gasteiger partial charge in [0.25, 0.3) is 0 Å². The van der Waals surface area contributed by atoms with Crippen LogP contribution in [0.4, 0.5) is 5.82 Å². The van der Waals surface area contributed by atoms with Gasteiger partial charge in [-0.3, -0.25) is 0 Å². The van der Waals surface area contributed by atoms with Crippen molar-refractivity contribution in [3.63, 3.8) is 0 Å². The Morgan fingerprint density at radius 3 is 2.96 bits per heavy atom. The van der Waals surface area contributed by atoms with E-state index in [0.29, 0.717) is 17.5 Å². The first-order valence-electron chi connectivity index (χ1n) is 8.52. The fourth-order valence-electron chi connectivity index (χ4n) is 3.23. The number of benzene rings is 1. The lowest BCUT2D eigenvalue weighted by atomic mass is 9.99. The molecule has 130 valence electrons. The van der Waals surface area contributed by atoms with E-state index in [0.717, 1.165) is 49.0 Å². The molecule has 1 fully saturated rings. The predicted molar refractivity (Wildman–Crippen MR) is 97.4 cm³/mol. The van der Waals surface area contributed by atoms with Crippen molar-refractivity contribution < 1.29 is 4.74 Å². The van der Waals surface area contributed by atoms with Gasteiger partial charge in [-0.25, -0.2) is 0 Å². The SMILES string of the molecule is Cc1nnc2ccc(N3CCCC(COc4ccccc4Cl)C3)nn12. The van der Waals surface area contributed by atoms with Crippen LogP contribution in [0.15, 0.2) is 36.4 Å². The highest BCUT2D eigenvalue weighted by molar-refractivity contribution is 6.32. The minimum atomic E-state index is 0.449. The number of para-hydroxylation sites is 1. The van der Waals surface area contributed by atoms with Crippen LogP contribution in [-0.2, 0) is 0 Å². The number of halogens is 1. The molecule has 0 radical (unpaired) electrons. The Morgan fingerprint density at radius 1 is 1.20 bits per heavy atom. The summed E-state index contributed by atoms with van der Waals surface area (Å²) in [5, 5.41) is 13.5. The van der Waals surface area contributed by atoms with Crippen LogP contribution in [-0.4, -0.2) is 39.5 Å². The fraction of sp³-hybridized carbons (Fsp3) is 0.389. The van der Waals surface area contributed by atoms with Gasteiger partial charge in [-0.1, -0.05) is 23.7 Å². The Kier molecular flexibility index (Phi) is 4.44. The number of piperidine rings is 1. The third kappa shape index (κ3) is 3.39. The molecule has 1 aliphatic heterocycles. The molecule has 25 heavy (non-hydrogen) atoms. The molecule has 1 saturated heterocycles. The van der Waals surface area contributed by atoms with E-state index in [1.807, 2.05) is 43.3 Å². The molecular weight excluding hydrogens is 338 g/mol. The minimum Gasteiger partial charge on any atom is -0.492 e. The van der Waals surface area contributed by atoms with Gasteiger partial charge in [0.1, 0.15) is 11.6 Å². The molecule has 1 aromatic carbocycles. The lowest BCUT2D eigenvalue weighted by Gasteiger charge is -2.33. The summed E-state index contributed by atoms with van der Waals surface area (Å²) in [6, 6.07) is 11.6. The zero-order valence-corrected chi connectivity index (χ0v) is 14.9. The van der Waals surface area contributed by atoms with E-state index >= 15 is 0 Å². The molecule has 3 heterocycles. The summed E-state index contributed by atoms with van der Waals surface area (Å²) in [7, 11) is 0. The van der Waals surface area contributed by atoms with Crippen LogP contribution >= 0.6 is 11.6 Å². The van der Waals surface area contributed by atoms with Gasteiger partial charge in [0.15, 0.2) is 11.5 Å². The Bertz CT molecular complexity index is 881. The van der Waals surface area contributed by atoms with E-state index < -0.39 is 0 Å². The molecule has 1 atom stereocenters. The maximum Gasteiger partial charge on any atom is 0.178 e. The van der Waals surface area contributed by atoms with Crippen molar-refractivity contribution in [3.8, 4) is 5.75 Å². The van der Waals surface area contributed by atoms with E-state index in [2.05, 4.69) is 20.2 Å². The second kappa shape index (κ2) is 6.88. The summed E-state index contributed by atoms with van der Waals surface area (Å²) in [6.07, 6.45) is 2.27. The summed E-state index contributed by atoms with van der Waals surface area (Å²) in [4.78, 5) is 2.31. The van der Waals surface area contributed by atoms with Crippen molar-refractivity contribution in [2.24, 2.45) is 5.92 Å². The van der Waals surface area contributed by atoms with E-state index in [9.17, 15) is 0 Å². The standard InChI is InChI=1S/C18H20ClN5O/c1-13-20-21-17-8-9-18(22-24(13)17)23-10-4-5-14(11-23)12-25-16-7-3-2-6-15(16)19/h2-3,6-9,14H,4-5,10-12H2,1H3. The Balaban J connectivity index is 1.45. The summed E-state index contributed by atoms with van der Waals surface area (Å²) in [5.74, 6) is 2.95. The van der Waals surface area contributed by atoms with Gasteiger partial charge in [-0.2, -0.15) is 4.52 Å². The largest absolute Gasteiger partial charge is 0.492 e. The Morgan fingerprint density at radius 2 is 2.08 bits per heavy atom. The number of ether oxygens (including phenoxy) is 1. The Hall–Kier alpha value is -2.34. The molecule has 3 aromatic rings. The number of nitrogens with zero attached hydrogens (tertiary/aromatic N) is 5. The summed E-state index contributed by atoms with van der Waals surface area (Å²) >= 11 is 6.17. The Labute approximate surface area is 151 Å². The minimum absolute atomic E-state index is 0.449. The zero-order chi connectivity index (χ0) is 17.2.